The summed E-state index contributed by atoms with van der Waals surface area (Å²) in [5.74, 6) is -0.849. The summed E-state index contributed by atoms with van der Waals surface area (Å²) >= 11 is 6.34. The molecule has 0 radical (unpaired) electrons. The summed E-state index contributed by atoms with van der Waals surface area (Å²) in [6.07, 6.45) is 0.347. The quantitative estimate of drug-likeness (QED) is 0.534. The topological polar surface area (TPSA) is 90.0 Å². The molecule has 0 aliphatic carbocycles. The first-order valence-electron chi connectivity index (χ1n) is 11.0. The van der Waals surface area contributed by atoms with Crippen molar-refractivity contribution in [1.29, 1.82) is 0 Å². The highest BCUT2D eigenvalue weighted by molar-refractivity contribution is 7.90. The van der Waals surface area contributed by atoms with Crippen molar-refractivity contribution in [3.63, 3.8) is 0 Å². The molecule has 0 heterocycles. The Kier molecular flexibility index (Phi) is 9.49. The van der Waals surface area contributed by atoms with Crippen LogP contribution in [0.4, 0.5) is 5.69 Å². The number of hydrogen-bond donors (Lipinski definition) is 1. The average molecular weight is 509 g/mol. The molecule has 0 unspecified atom stereocenters. The van der Waals surface area contributed by atoms with Crippen molar-refractivity contribution >= 4 is 39.3 Å². The highest BCUT2D eigenvalue weighted by Gasteiger charge is 2.34. The van der Waals surface area contributed by atoms with Gasteiger partial charge in [-0.15, -0.1) is 0 Å². The summed E-state index contributed by atoms with van der Waals surface area (Å²) in [6.45, 7) is 5.04. The molecule has 2 aromatic carbocycles. The van der Waals surface area contributed by atoms with Crippen LogP contribution < -0.4 is 9.62 Å². The first-order valence-corrected chi connectivity index (χ1v) is 12.7. The van der Waals surface area contributed by atoms with Crippen molar-refractivity contribution in [3.8, 4) is 0 Å². The van der Waals surface area contributed by atoms with E-state index < -0.39 is 28.7 Å². The lowest BCUT2D eigenvalue weighted by molar-refractivity contribution is -0.140. The molecule has 2 aromatic rings. The van der Waals surface area contributed by atoms with E-state index in [-0.39, 0.29) is 12.5 Å². The summed E-state index contributed by atoms with van der Waals surface area (Å²) in [6, 6.07) is 11.7. The number of nitrogens with zero attached hydrogens (tertiary/aromatic N) is 3. The van der Waals surface area contributed by atoms with E-state index in [9.17, 15) is 18.0 Å². The second-order valence-electron chi connectivity index (χ2n) is 8.24. The molecule has 34 heavy (non-hydrogen) atoms. The Morgan fingerprint density at radius 3 is 2.29 bits per heavy atom. The third-order valence-electron chi connectivity index (χ3n) is 5.58. The van der Waals surface area contributed by atoms with Gasteiger partial charge in [0, 0.05) is 32.7 Å². The molecule has 1 N–H and O–H groups in total. The van der Waals surface area contributed by atoms with Crippen LogP contribution in [-0.2, 0) is 26.3 Å². The Hall–Kier alpha value is -2.62. The standard InChI is InChI=1S/C24H33ClN4O4S/c1-7-21(24(31)26-4)28(15-19-10-8-9-11-20(19)25)23(30)16-29(34(32,33)27(5)6)22-14-17(2)12-13-18(22)3/h8-14,21H,7,15-16H2,1-6H3,(H,26,31)/t21-/m1/s1. The lowest BCUT2D eigenvalue weighted by atomic mass is 10.1. The second kappa shape index (κ2) is 11.7. The molecule has 0 aliphatic heterocycles. The number of carbonyl (C=O) groups is 2. The number of likely N-dealkylation sites (N-methyl/N-ethyl adjacent to an activating group) is 1. The number of nitrogens with one attached hydrogen (secondary N) is 1. The van der Waals surface area contributed by atoms with E-state index in [2.05, 4.69) is 5.32 Å². The van der Waals surface area contributed by atoms with E-state index >= 15 is 0 Å². The molecule has 0 saturated carbocycles. The van der Waals surface area contributed by atoms with Gasteiger partial charge in [0.25, 0.3) is 0 Å². The molecule has 0 saturated heterocycles. The fraction of sp³-hybridized carbons (Fsp3) is 0.417. The summed E-state index contributed by atoms with van der Waals surface area (Å²) in [5, 5.41) is 3.05. The summed E-state index contributed by atoms with van der Waals surface area (Å²) in [5.41, 5.74) is 2.64. The largest absolute Gasteiger partial charge is 0.357 e. The maximum Gasteiger partial charge on any atom is 0.304 e. The summed E-state index contributed by atoms with van der Waals surface area (Å²) in [4.78, 5) is 27.7. The molecule has 1 atom stereocenters. The monoisotopic (exact) mass is 508 g/mol. The van der Waals surface area contributed by atoms with E-state index in [4.69, 9.17) is 11.6 Å². The van der Waals surface area contributed by atoms with Gasteiger partial charge in [0.05, 0.1) is 5.69 Å². The SMILES string of the molecule is CC[C@H](C(=O)NC)N(Cc1ccccc1Cl)C(=O)CN(c1cc(C)ccc1C)S(=O)(=O)N(C)C. The number of halogens is 1. The smallest absolute Gasteiger partial charge is 0.304 e. The fourth-order valence-electron chi connectivity index (χ4n) is 3.59. The number of rotatable bonds is 10. The maximum absolute atomic E-state index is 13.7. The van der Waals surface area contributed by atoms with Crippen LogP contribution in [0.15, 0.2) is 42.5 Å². The van der Waals surface area contributed by atoms with E-state index in [0.717, 1.165) is 14.2 Å². The lowest BCUT2D eigenvalue weighted by Crippen LogP contribution is -2.53. The van der Waals surface area contributed by atoms with Crippen LogP contribution in [0.1, 0.15) is 30.0 Å². The van der Waals surface area contributed by atoms with Crippen molar-refractivity contribution < 1.29 is 18.0 Å². The molecular weight excluding hydrogens is 476 g/mol. The van der Waals surface area contributed by atoms with Crippen LogP contribution in [0.25, 0.3) is 0 Å². The Labute approximate surface area is 207 Å². The number of aryl methyl sites for hydroxylation is 2. The predicted octanol–water partition coefficient (Wildman–Crippen LogP) is 3.12. The van der Waals surface area contributed by atoms with Gasteiger partial charge in [-0.3, -0.25) is 9.59 Å². The number of carbonyl (C=O) groups excluding carboxylic acids is 2. The van der Waals surface area contributed by atoms with Gasteiger partial charge in [-0.25, -0.2) is 4.31 Å². The molecular formula is C24H33ClN4O4S. The van der Waals surface area contributed by atoms with Crippen LogP contribution in [0.2, 0.25) is 5.02 Å². The minimum atomic E-state index is -4.01. The van der Waals surface area contributed by atoms with Crippen LogP contribution >= 0.6 is 11.6 Å². The molecule has 0 aromatic heterocycles. The van der Waals surface area contributed by atoms with E-state index in [1.807, 2.05) is 19.1 Å². The molecule has 0 fully saturated rings. The minimum absolute atomic E-state index is 0.0626. The van der Waals surface area contributed by atoms with Crippen molar-refractivity contribution in [2.75, 3.05) is 32.0 Å². The third-order valence-corrected chi connectivity index (χ3v) is 7.76. The van der Waals surface area contributed by atoms with Crippen molar-refractivity contribution in [2.45, 2.75) is 39.8 Å². The Bertz CT molecular complexity index is 1140. The van der Waals surface area contributed by atoms with Gasteiger partial charge in [0.2, 0.25) is 11.8 Å². The van der Waals surface area contributed by atoms with E-state index in [1.165, 1.54) is 26.0 Å². The zero-order chi connectivity index (χ0) is 25.6. The molecule has 2 amide bonds. The highest BCUT2D eigenvalue weighted by atomic mass is 35.5. The van der Waals surface area contributed by atoms with Gasteiger partial charge in [-0.2, -0.15) is 12.7 Å². The number of amides is 2. The molecule has 0 aliphatic rings. The Morgan fingerprint density at radius 2 is 1.74 bits per heavy atom. The van der Waals surface area contributed by atoms with Crippen LogP contribution in [0, 0.1) is 13.8 Å². The van der Waals surface area contributed by atoms with E-state index in [1.54, 1.807) is 44.2 Å². The van der Waals surface area contributed by atoms with Gasteiger partial charge >= 0.3 is 10.2 Å². The normalized spacial score (nSPS) is 12.4. The Morgan fingerprint density at radius 1 is 1.09 bits per heavy atom. The van der Waals surface area contributed by atoms with Gasteiger partial charge in [-0.1, -0.05) is 48.9 Å². The minimum Gasteiger partial charge on any atom is -0.357 e. The van der Waals surface area contributed by atoms with Crippen LogP contribution in [0.5, 0.6) is 0 Å². The first-order chi connectivity index (χ1) is 15.9. The van der Waals surface area contributed by atoms with Crippen LogP contribution in [-0.4, -0.2) is 63.2 Å². The number of hydrogen-bond acceptors (Lipinski definition) is 4. The zero-order valence-corrected chi connectivity index (χ0v) is 22.1. The molecule has 0 spiro atoms. The first kappa shape index (κ1) is 27.6. The molecule has 8 nitrogen and oxygen atoms in total. The molecule has 2 rings (SSSR count). The summed E-state index contributed by atoms with van der Waals surface area (Å²) < 4.78 is 28.7. The van der Waals surface area contributed by atoms with Crippen molar-refractivity contribution in [3.05, 3.63) is 64.2 Å². The van der Waals surface area contributed by atoms with Crippen LogP contribution in [0.3, 0.4) is 0 Å². The van der Waals surface area contributed by atoms with Gasteiger partial charge in [-0.05, 0) is 49.1 Å². The molecule has 0 bridgehead atoms. The van der Waals surface area contributed by atoms with Crippen molar-refractivity contribution in [2.24, 2.45) is 0 Å². The van der Waals surface area contributed by atoms with Gasteiger partial charge < -0.3 is 10.2 Å². The number of benzene rings is 2. The number of anilines is 1. The van der Waals surface area contributed by atoms with Crippen molar-refractivity contribution in [1.82, 2.24) is 14.5 Å². The second-order valence-corrected chi connectivity index (χ2v) is 10.7. The van der Waals surface area contributed by atoms with Gasteiger partial charge in [0.15, 0.2) is 0 Å². The van der Waals surface area contributed by atoms with E-state index in [0.29, 0.717) is 28.3 Å². The lowest BCUT2D eigenvalue weighted by Gasteiger charge is -2.34. The predicted molar refractivity (Wildman–Crippen MR) is 136 cm³/mol. The molecule has 186 valence electrons. The highest BCUT2D eigenvalue weighted by Crippen LogP contribution is 2.26. The Balaban J connectivity index is 2.56. The average Bonchev–Trinajstić information content (AvgIpc) is 2.79. The third kappa shape index (κ3) is 6.28. The molecule has 10 heteroatoms. The zero-order valence-electron chi connectivity index (χ0n) is 20.5. The maximum atomic E-state index is 13.7. The fourth-order valence-corrected chi connectivity index (χ4v) is 4.89. The summed E-state index contributed by atoms with van der Waals surface area (Å²) in [7, 11) is 0.326. The van der Waals surface area contributed by atoms with Gasteiger partial charge in [0.1, 0.15) is 12.6 Å².